The molecule has 6 nitrogen and oxygen atoms in total. The van der Waals surface area contributed by atoms with Crippen LogP contribution in [0.4, 0.5) is 0 Å². The molecule has 0 radical (unpaired) electrons. The molecule has 0 aliphatic rings. The van der Waals surface area contributed by atoms with Gasteiger partial charge in [-0.15, -0.1) is 0 Å². The van der Waals surface area contributed by atoms with E-state index < -0.39 is 0 Å². The van der Waals surface area contributed by atoms with Crippen molar-refractivity contribution in [1.29, 1.82) is 10.5 Å². The highest BCUT2D eigenvalue weighted by atomic mass is 15.0. The topological polar surface area (TPSA) is 67.3 Å². The first-order valence-electron chi connectivity index (χ1n) is 22.8. The fraction of sp³-hybridized carbons (Fsp3) is 0. The number of benzene rings is 10. The van der Waals surface area contributed by atoms with Gasteiger partial charge in [0, 0.05) is 54.5 Å². The third-order valence-corrected chi connectivity index (χ3v) is 14.0. The van der Waals surface area contributed by atoms with Gasteiger partial charge < -0.3 is 18.3 Å². The first kappa shape index (κ1) is 37.7. The summed E-state index contributed by atoms with van der Waals surface area (Å²) in [5, 5.41) is 30.8. The smallest absolute Gasteiger partial charge is 0.101 e. The van der Waals surface area contributed by atoms with Crippen molar-refractivity contribution < 1.29 is 0 Å². The minimum Gasteiger partial charge on any atom is -0.309 e. The number of hydrogen-bond donors (Lipinski definition) is 0. The van der Waals surface area contributed by atoms with Crippen LogP contribution in [0.25, 0.3) is 121 Å². The van der Waals surface area contributed by atoms with Gasteiger partial charge >= 0.3 is 0 Å². The van der Waals surface area contributed by atoms with Gasteiger partial charge in [-0.05, 0) is 96.1 Å². The highest BCUT2D eigenvalue weighted by molar-refractivity contribution is 6.14. The second kappa shape index (κ2) is 14.4. The quantitative estimate of drug-likeness (QED) is 0.173. The molecule has 0 spiro atoms. The Hall–Kier alpha value is -9.62. The van der Waals surface area contributed by atoms with Crippen LogP contribution in [0, 0.1) is 22.7 Å². The molecular formula is C62H36N6. The zero-order valence-corrected chi connectivity index (χ0v) is 36.5. The Labute approximate surface area is 389 Å². The number of hydrogen-bond acceptors (Lipinski definition) is 2. The number of para-hydroxylation sites is 6. The van der Waals surface area contributed by atoms with Gasteiger partial charge in [-0.3, -0.25) is 0 Å². The van der Waals surface area contributed by atoms with Gasteiger partial charge in [0.25, 0.3) is 0 Å². The maximum absolute atomic E-state index is 10.8. The second-order valence-electron chi connectivity index (χ2n) is 17.5. The van der Waals surface area contributed by atoms with Crippen molar-refractivity contribution in [3.05, 3.63) is 230 Å². The molecule has 14 rings (SSSR count). The Morgan fingerprint density at radius 3 is 0.838 bits per heavy atom. The summed E-state index contributed by atoms with van der Waals surface area (Å²) in [6.45, 7) is 0. The molecule has 14 aromatic rings. The van der Waals surface area contributed by atoms with Crippen LogP contribution in [0.3, 0.4) is 0 Å². The molecular weight excluding hydrogens is 829 g/mol. The lowest BCUT2D eigenvalue weighted by molar-refractivity contribution is 1.14. The van der Waals surface area contributed by atoms with Gasteiger partial charge in [0.15, 0.2) is 0 Å². The van der Waals surface area contributed by atoms with Crippen LogP contribution in [-0.4, -0.2) is 18.3 Å². The number of rotatable bonds is 5. The summed E-state index contributed by atoms with van der Waals surface area (Å²) in [4.78, 5) is 0. The fourth-order valence-electron chi connectivity index (χ4n) is 11.1. The van der Waals surface area contributed by atoms with E-state index in [0.29, 0.717) is 11.1 Å². The Morgan fingerprint density at radius 1 is 0.250 bits per heavy atom. The molecule has 0 aliphatic carbocycles. The molecule has 10 aromatic carbocycles. The number of fused-ring (bicyclic) bond motifs is 12. The molecule has 0 N–H and O–H groups in total. The van der Waals surface area contributed by atoms with Gasteiger partial charge in [-0.2, -0.15) is 10.5 Å². The minimum absolute atomic E-state index is 0.563. The molecule has 4 heterocycles. The van der Waals surface area contributed by atoms with Gasteiger partial charge in [-0.25, -0.2) is 0 Å². The zero-order valence-electron chi connectivity index (χ0n) is 36.5. The summed E-state index contributed by atoms with van der Waals surface area (Å²) >= 11 is 0. The molecule has 0 unspecified atom stereocenters. The van der Waals surface area contributed by atoms with Crippen LogP contribution in [-0.2, 0) is 0 Å². The monoisotopic (exact) mass is 864 g/mol. The SMILES string of the molecule is N#Cc1ccc(-c2ccc(C#N)c(-n3c4ccccc4c4ccc(-n5c6ccccc6c6ccccc65)cc43)c2)cc1-n1c2ccccc2c2ccc(-n3c4ccccc4c4ccccc43)cc21. The van der Waals surface area contributed by atoms with E-state index >= 15 is 0 Å². The Bertz CT molecular complexity index is 4140. The third kappa shape index (κ3) is 5.31. The van der Waals surface area contributed by atoms with Crippen LogP contribution < -0.4 is 0 Å². The Kier molecular flexibility index (Phi) is 8.01. The standard InChI is InChI=1S/C62H36N6/c63-37-41-27-25-39(33-59(41)67-57-23-11-5-17-49(57)51-31-29-43(35-61(51)67)65-53-19-7-1-13-45(53)46-14-2-8-20-54(46)65)40-26-28-42(38-64)60(34-40)68-58-24-12-6-18-50(58)52-32-30-44(36-62(52)68)66-55-21-9-3-15-47(55)48-16-4-10-22-56(48)66/h1-36H. The zero-order chi connectivity index (χ0) is 45.0. The van der Waals surface area contributed by atoms with Crippen molar-refractivity contribution in [1.82, 2.24) is 18.3 Å². The molecule has 314 valence electrons. The molecule has 6 heteroatoms. The molecule has 0 saturated carbocycles. The van der Waals surface area contributed by atoms with E-state index in [-0.39, 0.29) is 0 Å². The van der Waals surface area contributed by atoms with Crippen LogP contribution in [0.1, 0.15) is 11.1 Å². The number of nitrogens with zero attached hydrogens (tertiary/aromatic N) is 6. The summed E-state index contributed by atoms with van der Waals surface area (Å²) < 4.78 is 9.18. The molecule has 0 amide bonds. The largest absolute Gasteiger partial charge is 0.309 e. The van der Waals surface area contributed by atoms with Crippen LogP contribution >= 0.6 is 0 Å². The van der Waals surface area contributed by atoms with Crippen molar-refractivity contribution in [2.45, 2.75) is 0 Å². The van der Waals surface area contributed by atoms with E-state index in [4.69, 9.17) is 0 Å². The van der Waals surface area contributed by atoms with Gasteiger partial charge in [0.1, 0.15) is 12.1 Å². The first-order valence-corrected chi connectivity index (χ1v) is 22.8. The summed E-state index contributed by atoms with van der Waals surface area (Å²) in [5.74, 6) is 0. The number of aromatic nitrogens is 4. The highest BCUT2D eigenvalue weighted by Gasteiger charge is 2.21. The lowest BCUT2D eigenvalue weighted by Crippen LogP contribution is -2.01. The molecule has 0 atom stereocenters. The van der Waals surface area contributed by atoms with E-state index in [0.717, 1.165) is 99.6 Å². The fourth-order valence-corrected chi connectivity index (χ4v) is 11.1. The summed E-state index contributed by atoms with van der Waals surface area (Å²) in [6, 6.07) is 81.8. The van der Waals surface area contributed by atoms with E-state index in [1.165, 1.54) is 21.5 Å². The van der Waals surface area contributed by atoms with E-state index in [9.17, 15) is 10.5 Å². The average Bonchev–Trinajstić information content (AvgIpc) is 4.13. The van der Waals surface area contributed by atoms with Crippen molar-refractivity contribution in [2.24, 2.45) is 0 Å². The van der Waals surface area contributed by atoms with Gasteiger partial charge in [0.2, 0.25) is 0 Å². The lowest BCUT2D eigenvalue weighted by Gasteiger charge is -2.16. The maximum atomic E-state index is 10.8. The molecule has 0 aliphatic heterocycles. The molecule has 0 saturated heterocycles. The van der Waals surface area contributed by atoms with E-state index in [1.54, 1.807) is 0 Å². The van der Waals surface area contributed by atoms with Crippen LogP contribution in [0.5, 0.6) is 0 Å². The predicted molar refractivity (Wildman–Crippen MR) is 279 cm³/mol. The van der Waals surface area contributed by atoms with Gasteiger partial charge in [0.05, 0.1) is 66.6 Å². The third-order valence-electron chi connectivity index (χ3n) is 14.0. The summed E-state index contributed by atoms with van der Waals surface area (Å²) in [7, 11) is 0. The first-order chi connectivity index (χ1) is 33.7. The summed E-state index contributed by atoms with van der Waals surface area (Å²) in [5.41, 5.74) is 15.2. The highest BCUT2D eigenvalue weighted by Crippen LogP contribution is 2.41. The molecule has 68 heavy (non-hydrogen) atoms. The van der Waals surface area contributed by atoms with Crippen LogP contribution in [0.2, 0.25) is 0 Å². The average molecular weight is 865 g/mol. The number of nitriles is 2. The van der Waals surface area contributed by atoms with Crippen molar-refractivity contribution in [3.63, 3.8) is 0 Å². The van der Waals surface area contributed by atoms with Crippen LogP contribution in [0.15, 0.2) is 218 Å². The lowest BCUT2D eigenvalue weighted by atomic mass is 9.99. The van der Waals surface area contributed by atoms with Crippen molar-refractivity contribution in [2.75, 3.05) is 0 Å². The van der Waals surface area contributed by atoms with Crippen molar-refractivity contribution >= 4 is 87.2 Å². The Balaban J connectivity index is 0.976. The van der Waals surface area contributed by atoms with E-state index in [1.807, 2.05) is 24.3 Å². The maximum Gasteiger partial charge on any atom is 0.101 e. The second-order valence-corrected chi connectivity index (χ2v) is 17.5. The van der Waals surface area contributed by atoms with E-state index in [2.05, 4.69) is 225 Å². The molecule has 4 aromatic heterocycles. The van der Waals surface area contributed by atoms with Gasteiger partial charge in [-0.1, -0.05) is 133 Å². The predicted octanol–water partition coefficient (Wildman–Crippen LogP) is 15.5. The molecule has 0 bridgehead atoms. The normalized spacial score (nSPS) is 11.8. The summed E-state index contributed by atoms with van der Waals surface area (Å²) in [6.07, 6.45) is 0. The minimum atomic E-state index is 0.563. The molecule has 0 fully saturated rings. The Morgan fingerprint density at radius 2 is 0.529 bits per heavy atom. The van der Waals surface area contributed by atoms with Crippen molar-refractivity contribution in [3.8, 4) is 46.0 Å².